The monoisotopic (exact) mass is 214 g/mol. The summed E-state index contributed by atoms with van der Waals surface area (Å²) < 4.78 is 26.2. The van der Waals surface area contributed by atoms with Crippen molar-refractivity contribution < 1.29 is 13.2 Å². The lowest BCUT2D eigenvalue weighted by Crippen LogP contribution is -2.20. The van der Waals surface area contributed by atoms with E-state index in [2.05, 4.69) is 0 Å². The maximum absolute atomic E-state index is 10.5. The van der Waals surface area contributed by atoms with Gasteiger partial charge in [-0.2, -0.15) is 0 Å². The van der Waals surface area contributed by atoms with Crippen LogP contribution in [0, 0.1) is 0 Å². The van der Waals surface area contributed by atoms with Gasteiger partial charge >= 0.3 is 0 Å². The van der Waals surface area contributed by atoms with Gasteiger partial charge in [-0.25, -0.2) is 8.42 Å². The molecule has 0 N–H and O–H groups in total. The summed E-state index contributed by atoms with van der Waals surface area (Å²) in [6.45, 7) is 6.18. The Morgan fingerprint density at radius 1 is 1.33 bits per heavy atom. The third-order valence-corrected chi connectivity index (χ3v) is 2.31. The van der Waals surface area contributed by atoms with Crippen LogP contribution >= 0.6 is 10.7 Å². The van der Waals surface area contributed by atoms with Gasteiger partial charge in [0, 0.05) is 17.3 Å². The second-order valence-corrected chi connectivity index (χ2v) is 6.45. The van der Waals surface area contributed by atoms with Crippen LogP contribution in [0.2, 0.25) is 0 Å². The average molecular weight is 215 g/mol. The summed E-state index contributed by atoms with van der Waals surface area (Å²) in [5.74, 6) is -0.0232. The van der Waals surface area contributed by atoms with E-state index in [1.807, 2.05) is 20.8 Å². The lowest BCUT2D eigenvalue weighted by Gasteiger charge is -2.18. The molecule has 0 unspecified atom stereocenters. The Hall–Kier alpha value is 0.200. The molecule has 74 valence electrons. The average Bonchev–Trinajstić information content (AvgIpc) is 1.76. The molecule has 0 saturated heterocycles. The fourth-order valence-corrected chi connectivity index (χ4v) is 1.40. The van der Waals surface area contributed by atoms with Crippen LogP contribution in [0.3, 0.4) is 0 Å². The Balaban J connectivity index is 3.48. The second kappa shape index (κ2) is 4.44. The SMILES string of the molecule is CC(C)(C)OCCCS(=O)(=O)Cl. The van der Waals surface area contributed by atoms with E-state index in [1.54, 1.807) is 0 Å². The van der Waals surface area contributed by atoms with Crippen molar-refractivity contribution in [3.63, 3.8) is 0 Å². The molecule has 0 aromatic carbocycles. The van der Waals surface area contributed by atoms with Crippen LogP contribution in [0.4, 0.5) is 0 Å². The van der Waals surface area contributed by atoms with Crippen molar-refractivity contribution in [3.8, 4) is 0 Å². The molecule has 5 heteroatoms. The molecular weight excluding hydrogens is 200 g/mol. The van der Waals surface area contributed by atoms with Crippen molar-refractivity contribution in [2.45, 2.75) is 32.8 Å². The first-order chi connectivity index (χ1) is 5.21. The van der Waals surface area contributed by atoms with Crippen LogP contribution in [0.1, 0.15) is 27.2 Å². The lowest BCUT2D eigenvalue weighted by atomic mass is 10.2. The normalized spacial score (nSPS) is 13.3. The molecule has 0 spiro atoms. The van der Waals surface area contributed by atoms with Crippen molar-refractivity contribution in [3.05, 3.63) is 0 Å². The summed E-state index contributed by atoms with van der Waals surface area (Å²) in [5.41, 5.74) is -0.212. The largest absolute Gasteiger partial charge is 0.376 e. The zero-order valence-electron chi connectivity index (χ0n) is 7.63. The summed E-state index contributed by atoms with van der Waals surface area (Å²) in [4.78, 5) is 0. The van der Waals surface area contributed by atoms with Gasteiger partial charge in [0.15, 0.2) is 0 Å². The van der Waals surface area contributed by atoms with E-state index < -0.39 is 9.05 Å². The van der Waals surface area contributed by atoms with Crippen LogP contribution in [0.15, 0.2) is 0 Å². The summed E-state index contributed by atoms with van der Waals surface area (Å²) in [7, 11) is 1.65. The molecule has 0 radical (unpaired) electrons. The van der Waals surface area contributed by atoms with Crippen molar-refractivity contribution in [2.24, 2.45) is 0 Å². The molecule has 0 bridgehead atoms. The van der Waals surface area contributed by atoms with Gasteiger partial charge < -0.3 is 4.74 Å². The van der Waals surface area contributed by atoms with Gasteiger partial charge in [0.1, 0.15) is 0 Å². The number of rotatable bonds is 4. The molecule has 0 saturated carbocycles. The van der Waals surface area contributed by atoms with Crippen LogP contribution in [-0.4, -0.2) is 26.4 Å². The summed E-state index contributed by atoms with van der Waals surface area (Å²) in [5, 5.41) is 0. The van der Waals surface area contributed by atoms with Gasteiger partial charge in [-0.05, 0) is 27.2 Å². The van der Waals surface area contributed by atoms with Gasteiger partial charge in [0.2, 0.25) is 9.05 Å². The summed E-state index contributed by atoms with van der Waals surface area (Å²) in [6, 6.07) is 0. The standard InChI is InChI=1S/C7H15ClO3S/c1-7(2,3)11-5-4-6-12(8,9)10/h4-6H2,1-3H3. The Kier molecular flexibility index (Phi) is 4.51. The maximum Gasteiger partial charge on any atom is 0.232 e. The molecule has 0 atom stereocenters. The van der Waals surface area contributed by atoms with Crippen molar-refractivity contribution in [1.82, 2.24) is 0 Å². The first kappa shape index (κ1) is 12.2. The molecule has 0 aromatic heterocycles. The highest BCUT2D eigenvalue weighted by atomic mass is 35.7. The van der Waals surface area contributed by atoms with Crippen molar-refractivity contribution in [1.29, 1.82) is 0 Å². The fourth-order valence-electron chi connectivity index (χ4n) is 0.610. The van der Waals surface area contributed by atoms with E-state index in [9.17, 15) is 8.42 Å². The predicted molar refractivity (Wildman–Crippen MR) is 50.0 cm³/mol. The topological polar surface area (TPSA) is 43.4 Å². The quantitative estimate of drug-likeness (QED) is 0.529. The van der Waals surface area contributed by atoms with E-state index in [-0.39, 0.29) is 11.4 Å². The molecule has 12 heavy (non-hydrogen) atoms. The zero-order valence-corrected chi connectivity index (χ0v) is 9.20. The molecule has 0 amide bonds. The van der Waals surface area contributed by atoms with Crippen LogP contribution in [0.25, 0.3) is 0 Å². The van der Waals surface area contributed by atoms with Gasteiger partial charge in [0.05, 0.1) is 11.4 Å². The minimum absolute atomic E-state index is 0.0232. The van der Waals surface area contributed by atoms with Crippen molar-refractivity contribution in [2.75, 3.05) is 12.4 Å². The van der Waals surface area contributed by atoms with Crippen LogP contribution in [-0.2, 0) is 13.8 Å². The molecule has 0 rings (SSSR count). The fraction of sp³-hybridized carbons (Fsp3) is 1.00. The van der Waals surface area contributed by atoms with E-state index >= 15 is 0 Å². The Morgan fingerprint density at radius 3 is 2.17 bits per heavy atom. The Bertz CT molecular complexity index is 215. The number of halogens is 1. The molecule has 0 aliphatic rings. The smallest absolute Gasteiger partial charge is 0.232 e. The number of ether oxygens (including phenoxy) is 1. The molecule has 3 nitrogen and oxygen atoms in total. The third kappa shape index (κ3) is 10.2. The van der Waals surface area contributed by atoms with Gasteiger partial charge in [-0.1, -0.05) is 0 Å². The number of hydrogen-bond acceptors (Lipinski definition) is 3. The lowest BCUT2D eigenvalue weighted by molar-refractivity contribution is -0.00208. The summed E-state index contributed by atoms with van der Waals surface area (Å²) in [6.07, 6.45) is 0.448. The molecule has 0 aliphatic carbocycles. The third-order valence-electron chi connectivity index (χ3n) is 1.07. The first-order valence-electron chi connectivity index (χ1n) is 3.77. The van der Waals surface area contributed by atoms with Gasteiger partial charge in [0.25, 0.3) is 0 Å². The summed E-state index contributed by atoms with van der Waals surface area (Å²) >= 11 is 0. The highest BCUT2D eigenvalue weighted by molar-refractivity contribution is 8.13. The van der Waals surface area contributed by atoms with Crippen LogP contribution in [0.5, 0.6) is 0 Å². The zero-order chi connectivity index (χ0) is 9.83. The molecule has 0 heterocycles. The van der Waals surface area contributed by atoms with Crippen molar-refractivity contribution >= 4 is 19.7 Å². The predicted octanol–water partition coefficient (Wildman–Crippen LogP) is 1.76. The molecule has 0 aromatic rings. The minimum Gasteiger partial charge on any atom is -0.376 e. The Labute approximate surface area is 78.5 Å². The van der Waals surface area contributed by atoms with E-state index in [4.69, 9.17) is 15.4 Å². The minimum atomic E-state index is -3.35. The molecular formula is C7H15ClO3S. The maximum atomic E-state index is 10.5. The number of hydrogen-bond donors (Lipinski definition) is 0. The van der Waals surface area contributed by atoms with Gasteiger partial charge in [-0.3, -0.25) is 0 Å². The molecule has 0 aliphatic heterocycles. The highest BCUT2D eigenvalue weighted by Crippen LogP contribution is 2.08. The van der Waals surface area contributed by atoms with E-state index in [0.717, 1.165) is 0 Å². The van der Waals surface area contributed by atoms with Crippen LogP contribution < -0.4 is 0 Å². The molecule has 0 fully saturated rings. The highest BCUT2D eigenvalue weighted by Gasteiger charge is 2.10. The van der Waals surface area contributed by atoms with E-state index in [1.165, 1.54) is 0 Å². The first-order valence-corrected chi connectivity index (χ1v) is 6.25. The Morgan fingerprint density at radius 2 is 1.83 bits per heavy atom. The van der Waals surface area contributed by atoms with Gasteiger partial charge in [-0.15, -0.1) is 0 Å². The van der Waals surface area contributed by atoms with E-state index in [0.29, 0.717) is 13.0 Å². The second-order valence-electron chi connectivity index (χ2n) is 3.56.